The third-order valence-corrected chi connectivity index (χ3v) is 6.29. The van der Waals surface area contributed by atoms with Crippen LogP contribution in [0.1, 0.15) is 48.1 Å². The van der Waals surface area contributed by atoms with Crippen molar-refractivity contribution in [3.63, 3.8) is 0 Å². The molecule has 1 atom stereocenters. The summed E-state index contributed by atoms with van der Waals surface area (Å²) in [7, 11) is 1.66. The molecule has 3 nitrogen and oxygen atoms in total. The summed E-state index contributed by atoms with van der Waals surface area (Å²) in [4.78, 5) is 13.7. The topological polar surface area (TPSA) is 38.3 Å². The molecular weight excluding hydrogens is 354 g/mol. The minimum atomic E-state index is 0.0774. The number of rotatable bonds is 4. The quantitative estimate of drug-likeness (QED) is 0.603. The lowest BCUT2D eigenvalue weighted by molar-refractivity contribution is -0.116. The number of nitrogens with one attached hydrogen (secondary N) is 1. The molecule has 1 amide bonds. The third kappa shape index (κ3) is 3.37. The van der Waals surface area contributed by atoms with Crippen LogP contribution in [0.15, 0.2) is 53.9 Å². The average Bonchev–Trinajstić information content (AvgIpc) is 3.11. The Labute approximate surface area is 164 Å². The van der Waals surface area contributed by atoms with Crippen molar-refractivity contribution in [2.75, 3.05) is 12.4 Å². The fraction of sp³-hybridized carbons (Fsp3) is 0.261. The molecule has 0 fully saturated rings. The molecule has 0 saturated heterocycles. The van der Waals surface area contributed by atoms with E-state index in [4.69, 9.17) is 4.74 Å². The Morgan fingerprint density at radius 3 is 2.41 bits per heavy atom. The summed E-state index contributed by atoms with van der Waals surface area (Å²) in [5, 5.41) is 5.25. The molecule has 0 radical (unpaired) electrons. The van der Waals surface area contributed by atoms with Crippen LogP contribution < -0.4 is 10.1 Å². The Bertz CT molecular complexity index is 955. The van der Waals surface area contributed by atoms with Gasteiger partial charge in [0, 0.05) is 28.2 Å². The van der Waals surface area contributed by atoms with Crippen LogP contribution >= 0.6 is 11.3 Å². The van der Waals surface area contributed by atoms with E-state index in [1.165, 1.54) is 16.0 Å². The zero-order chi connectivity index (χ0) is 19.0. The summed E-state index contributed by atoms with van der Waals surface area (Å²) in [5.41, 5.74) is 5.65. The number of ether oxygens (including phenoxy) is 1. The average molecular weight is 378 g/mol. The molecule has 2 aromatic carbocycles. The fourth-order valence-corrected chi connectivity index (χ4v) is 4.75. The first-order chi connectivity index (χ1) is 13.1. The van der Waals surface area contributed by atoms with E-state index in [0.717, 1.165) is 22.6 Å². The first-order valence-corrected chi connectivity index (χ1v) is 10.1. The van der Waals surface area contributed by atoms with E-state index in [-0.39, 0.29) is 11.8 Å². The lowest BCUT2D eigenvalue weighted by Crippen LogP contribution is -2.22. The molecule has 27 heavy (non-hydrogen) atoms. The summed E-state index contributed by atoms with van der Waals surface area (Å²) in [6, 6.07) is 16.7. The van der Waals surface area contributed by atoms with Gasteiger partial charge in [0.2, 0.25) is 5.91 Å². The number of hydrogen-bond donors (Lipinski definition) is 1. The molecule has 1 aliphatic rings. The second-order valence-electron chi connectivity index (χ2n) is 7.24. The van der Waals surface area contributed by atoms with Gasteiger partial charge in [-0.15, -0.1) is 11.3 Å². The lowest BCUT2D eigenvalue weighted by Gasteiger charge is -2.24. The van der Waals surface area contributed by atoms with E-state index in [1.54, 1.807) is 18.4 Å². The van der Waals surface area contributed by atoms with Crippen LogP contribution in [-0.4, -0.2) is 13.0 Å². The maximum absolute atomic E-state index is 12.4. The molecule has 0 bridgehead atoms. The molecule has 4 heteroatoms. The number of methoxy groups -OCH3 is 1. The zero-order valence-corrected chi connectivity index (χ0v) is 16.6. The van der Waals surface area contributed by atoms with Gasteiger partial charge in [0.15, 0.2) is 0 Å². The van der Waals surface area contributed by atoms with Gasteiger partial charge in [-0.25, -0.2) is 0 Å². The minimum Gasteiger partial charge on any atom is -0.497 e. The second kappa shape index (κ2) is 7.20. The van der Waals surface area contributed by atoms with Gasteiger partial charge in [0.1, 0.15) is 5.75 Å². The summed E-state index contributed by atoms with van der Waals surface area (Å²) in [6.45, 7) is 4.39. The Balaban J connectivity index is 1.72. The van der Waals surface area contributed by atoms with Crippen LogP contribution in [0.3, 0.4) is 0 Å². The number of benzene rings is 2. The Kier molecular flexibility index (Phi) is 4.75. The van der Waals surface area contributed by atoms with Gasteiger partial charge >= 0.3 is 0 Å². The Hall–Kier alpha value is -2.59. The van der Waals surface area contributed by atoms with Gasteiger partial charge in [-0.2, -0.15) is 0 Å². The molecule has 3 aromatic rings. The van der Waals surface area contributed by atoms with Crippen LogP contribution in [0.5, 0.6) is 5.75 Å². The number of fused-ring (bicyclic) bond motifs is 1. The highest BCUT2D eigenvalue weighted by atomic mass is 32.1. The number of thiophene rings is 1. The standard InChI is InChI=1S/C23H23NO2S/c1-14(2)15-4-6-16(7-5-15)19-12-21(25)24-22-20(13-27-23(19)22)17-8-10-18(26-3)11-9-17/h4-11,13-14,19H,12H2,1-3H3,(H,24,25)/t19-/m0/s1. The van der Waals surface area contributed by atoms with Gasteiger partial charge in [-0.05, 0) is 34.7 Å². The number of carbonyl (C=O) groups is 1. The molecule has 1 aliphatic heterocycles. The smallest absolute Gasteiger partial charge is 0.225 e. The SMILES string of the molecule is COc1ccc(-c2csc3c2NC(=O)C[C@H]3c2ccc(C(C)C)cc2)cc1. The van der Waals surface area contributed by atoms with E-state index >= 15 is 0 Å². The van der Waals surface area contributed by atoms with Gasteiger partial charge in [0.25, 0.3) is 0 Å². The highest BCUT2D eigenvalue weighted by Crippen LogP contribution is 2.46. The van der Waals surface area contributed by atoms with Crippen molar-refractivity contribution >= 4 is 22.9 Å². The van der Waals surface area contributed by atoms with E-state index in [9.17, 15) is 4.79 Å². The van der Waals surface area contributed by atoms with Crippen LogP contribution in [0, 0.1) is 0 Å². The molecule has 4 rings (SSSR count). The predicted octanol–water partition coefficient (Wildman–Crippen LogP) is 6.02. The molecule has 0 aliphatic carbocycles. The normalized spacial score (nSPS) is 16.1. The van der Waals surface area contributed by atoms with E-state index in [1.807, 2.05) is 24.3 Å². The maximum atomic E-state index is 12.4. The highest BCUT2D eigenvalue weighted by Gasteiger charge is 2.30. The minimum absolute atomic E-state index is 0.0774. The highest BCUT2D eigenvalue weighted by molar-refractivity contribution is 7.11. The molecule has 0 unspecified atom stereocenters. The van der Waals surface area contributed by atoms with Crippen molar-refractivity contribution in [3.8, 4) is 16.9 Å². The number of carbonyl (C=O) groups excluding carboxylic acids is 1. The molecule has 138 valence electrons. The number of amides is 1. The maximum Gasteiger partial charge on any atom is 0.225 e. The summed E-state index contributed by atoms with van der Waals surface area (Å²) in [6.07, 6.45) is 0.497. The van der Waals surface area contributed by atoms with Crippen LogP contribution in [0.4, 0.5) is 5.69 Å². The van der Waals surface area contributed by atoms with E-state index < -0.39 is 0 Å². The Morgan fingerprint density at radius 2 is 1.78 bits per heavy atom. The van der Waals surface area contributed by atoms with Gasteiger partial charge in [-0.3, -0.25) is 4.79 Å². The number of hydrogen-bond acceptors (Lipinski definition) is 3. The molecule has 1 N–H and O–H groups in total. The lowest BCUT2D eigenvalue weighted by atomic mass is 9.88. The molecule has 2 heterocycles. The first-order valence-electron chi connectivity index (χ1n) is 9.22. The fourth-order valence-electron chi connectivity index (χ4n) is 3.59. The van der Waals surface area contributed by atoms with Crippen molar-refractivity contribution in [2.24, 2.45) is 0 Å². The molecular formula is C23H23NO2S. The predicted molar refractivity (Wildman–Crippen MR) is 112 cm³/mol. The monoisotopic (exact) mass is 377 g/mol. The first kappa shape index (κ1) is 17.8. The summed E-state index contributed by atoms with van der Waals surface area (Å²) >= 11 is 1.73. The molecule has 0 spiro atoms. The van der Waals surface area contributed by atoms with E-state index in [2.05, 4.69) is 48.8 Å². The van der Waals surface area contributed by atoms with Gasteiger partial charge in [0.05, 0.1) is 12.8 Å². The van der Waals surface area contributed by atoms with Crippen LogP contribution in [0.2, 0.25) is 0 Å². The van der Waals surface area contributed by atoms with Crippen molar-refractivity contribution in [2.45, 2.75) is 32.1 Å². The van der Waals surface area contributed by atoms with Gasteiger partial charge < -0.3 is 10.1 Å². The number of anilines is 1. The van der Waals surface area contributed by atoms with Crippen molar-refractivity contribution in [1.29, 1.82) is 0 Å². The Morgan fingerprint density at radius 1 is 1.07 bits per heavy atom. The van der Waals surface area contributed by atoms with Crippen LogP contribution in [-0.2, 0) is 4.79 Å². The summed E-state index contributed by atoms with van der Waals surface area (Å²) < 4.78 is 5.25. The second-order valence-corrected chi connectivity index (χ2v) is 8.15. The zero-order valence-electron chi connectivity index (χ0n) is 15.8. The largest absolute Gasteiger partial charge is 0.497 e. The van der Waals surface area contributed by atoms with Crippen LogP contribution in [0.25, 0.3) is 11.1 Å². The van der Waals surface area contributed by atoms with Crippen molar-refractivity contribution < 1.29 is 9.53 Å². The van der Waals surface area contributed by atoms with Crippen molar-refractivity contribution in [3.05, 3.63) is 69.9 Å². The summed E-state index contributed by atoms with van der Waals surface area (Å²) in [5.74, 6) is 1.53. The molecule has 1 aromatic heterocycles. The van der Waals surface area contributed by atoms with Crippen molar-refractivity contribution in [1.82, 2.24) is 0 Å². The molecule has 0 saturated carbocycles. The van der Waals surface area contributed by atoms with E-state index in [0.29, 0.717) is 12.3 Å². The van der Waals surface area contributed by atoms with Gasteiger partial charge in [-0.1, -0.05) is 50.2 Å². The third-order valence-electron chi connectivity index (χ3n) is 5.20.